The summed E-state index contributed by atoms with van der Waals surface area (Å²) < 4.78 is 33.0. The van der Waals surface area contributed by atoms with Crippen molar-refractivity contribution in [3.8, 4) is 5.75 Å². The van der Waals surface area contributed by atoms with Gasteiger partial charge in [-0.1, -0.05) is 36.0 Å². The van der Waals surface area contributed by atoms with Gasteiger partial charge in [-0.2, -0.15) is 4.31 Å². The zero-order valence-electron chi connectivity index (χ0n) is 17.2. The van der Waals surface area contributed by atoms with E-state index in [1.165, 1.54) is 23.5 Å². The van der Waals surface area contributed by atoms with E-state index in [9.17, 15) is 13.2 Å². The number of halogens is 2. The fourth-order valence-corrected chi connectivity index (χ4v) is 5.26. The van der Waals surface area contributed by atoms with Crippen LogP contribution in [0.15, 0.2) is 41.3 Å². The Balaban J connectivity index is 1.74. The topological polar surface area (TPSA) is 87.7 Å². The SMILES string of the molecule is COc1ccc(S(=O)(=O)N2CCCCCC2)cc1NCC(=O)Nc1cc(Cl)ccc1Cl. The average molecular weight is 486 g/mol. The number of carbonyl (C=O) groups is 1. The molecule has 0 atom stereocenters. The molecule has 2 aromatic rings. The number of carbonyl (C=O) groups excluding carboxylic acids is 1. The van der Waals surface area contributed by atoms with Crippen LogP contribution in [-0.2, 0) is 14.8 Å². The average Bonchev–Trinajstić information content (AvgIpc) is 3.05. The van der Waals surface area contributed by atoms with E-state index in [0.717, 1.165) is 25.7 Å². The third kappa shape index (κ3) is 6.04. The normalized spacial score (nSPS) is 15.2. The molecule has 168 valence electrons. The van der Waals surface area contributed by atoms with Gasteiger partial charge in [-0.05, 0) is 49.2 Å². The lowest BCUT2D eigenvalue weighted by Crippen LogP contribution is -2.32. The molecule has 2 N–H and O–H groups in total. The highest BCUT2D eigenvalue weighted by Gasteiger charge is 2.26. The summed E-state index contributed by atoms with van der Waals surface area (Å²) in [4.78, 5) is 12.5. The molecule has 0 bridgehead atoms. The van der Waals surface area contributed by atoms with Crippen LogP contribution in [0.3, 0.4) is 0 Å². The van der Waals surface area contributed by atoms with E-state index in [1.807, 2.05) is 0 Å². The maximum Gasteiger partial charge on any atom is 0.243 e. The molecule has 7 nitrogen and oxygen atoms in total. The second-order valence-corrected chi connectivity index (χ2v) is 9.99. The summed E-state index contributed by atoms with van der Waals surface area (Å²) in [5.41, 5.74) is 0.802. The summed E-state index contributed by atoms with van der Waals surface area (Å²) in [5, 5.41) is 6.43. The summed E-state index contributed by atoms with van der Waals surface area (Å²) in [5.74, 6) is 0.0652. The minimum atomic E-state index is -3.63. The largest absolute Gasteiger partial charge is 0.495 e. The van der Waals surface area contributed by atoms with Crippen LogP contribution in [0.2, 0.25) is 10.0 Å². The molecule has 2 aromatic carbocycles. The number of hydrogen-bond donors (Lipinski definition) is 2. The van der Waals surface area contributed by atoms with E-state index in [4.69, 9.17) is 27.9 Å². The molecule has 0 aromatic heterocycles. The van der Waals surface area contributed by atoms with Crippen LogP contribution >= 0.6 is 23.2 Å². The Morgan fingerprint density at radius 2 is 1.74 bits per heavy atom. The maximum atomic E-state index is 13.1. The number of benzene rings is 2. The summed E-state index contributed by atoms with van der Waals surface area (Å²) >= 11 is 12.0. The van der Waals surface area contributed by atoms with Crippen molar-refractivity contribution in [3.63, 3.8) is 0 Å². The molecule has 0 unspecified atom stereocenters. The zero-order valence-corrected chi connectivity index (χ0v) is 19.5. The Morgan fingerprint density at radius 1 is 1.03 bits per heavy atom. The fraction of sp³-hybridized carbons (Fsp3) is 0.381. The van der Waals surface area contributed by atoms with Crippen LogP contribution in [0.25, 0.3) is 0 Å². The number of nitrogens with zero attached hydrogens (tertiary/aromatic N) is 1. The molecule has 1 aliphatic rings. The highest BCUT2D eigenvalue weighted by Crippen LogP contribution is 2.30. The van der Waals surface area contributed by atoms with Crippen LogP contribution < -0.4 is 15.4 Å². The number of nitrogens with one attached hydrogen (secondary N) is 2. The standard InChI is InChI=1S/C21H25Cl2N3O4S/c1-30-20-9-7-16(31(28,29)26-10-4-2-3-5-11-26)13-19(20)24-14-21(27)25-18-12-15(22)6-8-17(18)23/h6-9,12-13,24H,2-5,10-11,14H2,1H3,(H,25,27). The van der Waals surface area contributed by atoms with E-state index in [-0.39, 0.29) is 17.3 Å². The molecule has 1 amide bonds. The lowest BCUT2D eigenvalue weighted by Gasteiger charge is -2.21. The summed E-state index contributed by atoms with van der Waals surface area (Å²) in [6.07, 6.45) is 3.78. The van der Waals surface area contributed by atoms with Gasteiger partial charge in [0.15, 0.2) is 0 Å². The van der Waals surface area contributed by atoms with Crippen LogP contribution in [-0.4, -0.2) is 45.4 Å². The van der Waals surface area contributed by atoms with Crippen molar-refractivity contribution in [2.24, 2.45) is 0 Å². The van der Waals surface area contributed by atoms with Crippen molar-refractivity contribution < 1.29 is 17.9 Å². The van der Waals surface area contributed by atoms with Crippen molar-refractivity contribution in [1.82, 2.24) is 4.31 Å². The lowest BCUT2D eigenvalue weighted by atomic mass is 10.2. The van der Waals surface area contributed by atoms with Gasteiger partial charge in [-0.25, -0.2) is 8.42 Å². The Kier molecular flexibility index (Phi) is 8.05. The number of amides is 1. The summed E-state index contributed by atoms with van der Waals surface area (Å²) in [6.45, 7) is 0.909. The third-order valence-electron chi connectivity index (χ3n) is 5.02. The molecule has 1 fully saturated rings. The number of sulfonamides is 1. The van der Waals surface area contributed by atoms with Crippen molar-refractivity contribution in [2.45, 2.75) is 30.6 Å². The van der Waals surface area contributed by atoms with Gasteiger partial charge in [0, 0.05) is 18.1 Å². The predicted octanol–water partition coefficient (Wildman–Crippen LogP) is 4.62. The fourth-order valence-electron chi connectivity index (χ4n) is 3.38. The quantitative estimate of drug-likeness (QED) is 0.597. The van der Waals surface area contributed by atoms with E-state index in [2.05, 4.69) is 10.6 Å². The molecular weight excluding hydrogens is 461 g/mol. The minimum Gasteiger partial charge on any atom is -0.495 e. The minimum absolute atomic E-state index is 0.119. The lowest BCUT2D eigenvalue weighted by molar-refractivity contribution is -0.114. The summed E-state index contributed by atoms with van der Waals surface area (Å²) in [7, 11) is -2.14. The molecule has 1 heterocycles. The first kappa shape index (κ1) is 23.7. The first-order valence-electron chi connectivity index (χ1n) is 9.98. The van der Waals surface area contributed by atoms with Crippen LogP contribution in [0, 0.1) is 0 Å². The molecule has 1 saturated heterocycles. The third-order valence-corrected chi connectivity index (χ3v) is 7.47. The monoisotopic (exact) mass is 485 g/mol. The zero-order chi connectivity index (χ0) is 22.4. The molecule has 0 saturated carbocycles. The van der Waals surface area contributed by atoms with Crippen LogP contribution in [0.5, 0.6) is 5.75 Å². The van der Waals surface area contributed by atoms with Crippen LogP contribution in [0.4, 0.5) is 11.4 Å². The number of ether oxygens (including phenoxy) is 1. The highest BCUT2D eigenvalue weighted by molar-refractivity contribution is 7.89. The molecule has 0 radical (unpaired) electrons. The number of anilines is 2. The first-order chi connectivity index (χ1) is 14.8. The molecule has 0 aliphatic carbocycles. The van der Waals surface area contributed by atoms with E-state index >= 15 is 0 Å². The van der Waals surface area contributed by atoms with E-state index in [1.54, 1.807) is 24.3 Å². The van der Waals surface area contributed by atoms with Gasteiger partial charge in [-0.15, -0.1) is 0 Å². The van der Waals surface area contributed by atoms with E-state index in [0.29, 0.717) is 40.3 Å². The van der Waals surface area contributed by atoms with Crippen molar-refractivity contribution in [3.05, 3.63) is 46.4 Å². The second-order valence-electron chi connectivity index (χ2n) is 7.21. The molecule has 1 aliphatic heterocycles. The van der Waals surface area contributed by atoms with Gasteiger partial charge in [0.2, 0.25) is 15.9 Å². The highest BCUT2D eigenvalue weighted by atomic mass is 35.5. The Labute approximate surface area is 192 Å². The Hall–Kier alpha value is -2.00. The predicted molar refractivity (Wildman–Crippen MR) is 124 cm³/mol. The van der Waals surface area contributed by atoms with Gasteiger partial charge in [0.05, 0.1) is 34.9 Å². The molecule has 31 heavy (non-hydrogen) atoms. The van der Waals surface area contributed by atoms with E-state index < -0.39 is 10.0 Å². The summed E-state index contributed by atoms with van der Waals surface area (Å²) in [6, 6.07) is 9.37. The Morgan fingerprint density at radius 3 is 2.42 bits per heavy atom. The van der Waals surface area contributed by atoms with Gasteiger partial charge < -0.3 is 15.4 Å². The molecule has 0 spiro atoms. The van der Waals surface area contributed by atoms with Crippen molar-refractivity contribution in [1.29, 1.82) is 0 Å². The maximum absolute atomic E-state index is 13.1. The van der Waals surface area contributed by atoms with Crippen molar-refractivity contribution >= 4 is 50.5 Å². The van der Waals surface area contributed by atoms with Gasteiger partial charge in [-0.3, -0.25) is 4.79 Å². The van der Waals surface area contributed by atoms with Gasteiger partial charge >= 0.3 is 0 Å². The first-order valence-corrected chi connectivity index (χ1v) is 12.2. The smallest absolute Gasteiger partial charge is 0.243 e. The van der Waals surface area contributed by atoms with Crippen molar-refractivity contribution in [2.75, 3.05) is 37.4 Å². The number of hydrogen-bond acceptors (Lipinski definition) is 5. The number of rotatable bonds is 7. The van der Waals surface area contributed by atoms with Crippen LogP contribution in [0.1, 0.15) is 25.7 Å². The molecule has 3 rings (SSSR count). The Bertz CT molecular complexity index is 1040. The molecule has 10 heteroatoms. The molecular formula is C21H25Cl2N3O4S. The second kappa shape index (κ2) is 10.5. The van der Waals surface area contributed by atoms with Gasteiger partial charge in [0.25, 0.3) is 0 Å². The number of methoxy groups -OCH3 is 1. The van der Waals surface area contributed by atoms with Gasteiger partial charge in [0.1, 0.15) is 5.75 Å².